The van der Waals surface area contributed by atoms with Gasteiger partial charge in [0.25, 0.3) is 0 Å². The zero-order valence-corrected chi connectivity index (χ0v) is 6.84. The highest BCUT2D eigenvalue weighted by Crippen LogP contribution is 1.99. The highest BCUT2D eigenvalue weighted by Gasteiger charge is 1.96. The number of hydrogen-bond donors (Lipinski definition) is 1. The Labute approximate surface area is 66.3 Å². The van der Waals surface area contributed by atoms with E-state index < -0.39 is 0 Å². The molecule has 0 aliphatic rings. The predicted octanol–water partition coefficient (Wildman–Crippen LogP) is 1.71. The molecule has 0 atom stereocenters. The maximum absolute atomic E-state index is 12.4. The first kappa shape index (κ1) is 10.0. The Morgan fingerprint density at radius 1 is 1.55 bits per heavy atom. The van der Waals surface area contributed by atoms with Crippen LogP contribution in [0.15, 0.2) is 18.3 Å². The van der Waals surface area contributed by atoms with E-state index in [0.717, 1.165) is 0 Å². The normalized spacial score (nSPS) is 8.36. The SMILES string of the molecule is CC.NCc1ncccc1F. The van der Waals surface area contributed by atoms with Crippen LogP contribution in [0.5, 0.6) is 0 Å². The Hall–Kier alpha value is -0.960. The van der Waals surface area contributed by atoms with Crippen molar-refractivity contribution in [3.63, 3.8) is 0 Å². The van der Waals surface area contributed by atoms with Crippen LogP contribution in [0.3, 0.4) is 0 Å². The first-order chi connectivity index (χ1) is 5.34. The Bertz CT molecular complexity index is 201. The molecule has 3 heteroatoms. The summed E-state index contributed by atoms with van der Waals surface area (Å²) >= 11 is 0. The van der Waals surface area contributed by atoms with Crippen LogP contribution in [0.4, 0.5) is 4.39 Å². The third-order valence-electron chi connectivity index (χ3n) is 1.03. The second kappa shape index (κ2) is 5.80. The molecule has 1 rings (SSSR count). The van der Waals surface area contributed by atoms with Gasteiger partial charge in [-0.15, -0.1) is 0 Å². The van der Waals surface area contributed by atoms with E-state index >= 15 is 0 Å². The second-order valence-corrected chi connectivity index (χ2v) is 1.64. The first-order valence-electron chi connectivity index (χ1n) is 3.64. The lowest BCUT2D eigenvalue weighted by molar-refractivity contribution is 0.600. The van der Waals surface area contributed by atoms with Gasteiger partial charge in [0.05, 0.1) is 5.69 Å². The van der Waals surface area contributed by atoms with E-state index in [-0.39, 0.29) is 12.4 Å². The molecule has 0 aliphatic heterocycles. The fourth-order valence-corrected chi connectivity index (χ4v) is 0.569. The van der Waals surface area contributed by atoms with Crippen LogP contribution in [0.25, 0.3) is 0 Å². The van der Waals surface area contributed by atoms with Gasteiger partial charge in [0, 0.05) is 12.7 Å². The van der Waals surface area contributed by atoms with E-state index in [9.17, 15) is 4.39 Å². The molecule has 0 aliphatic carbocycles. The Kier molecular flexibility index (Phi) is 5.29. The van der Waals surface area contributed by atoms with Gasteiger partial charge in [-0.25, -0.2) is 4.39 Å². The number of halogens is 1. The van der Waals surface area contributed by atoms with Crippen LogP contribution in [-0.4, -0.2) is 4.98 Å². The average molecular weight is 156 g/mol. The van der Waals surface area contributed by atoms with Gasteiger partial charge in [0.1, 0.15) is 5.82 Å². The van der Waals surface area contributed by atoms with Crippen molar-refractivity contribution in [3.8, 4) is 0 Å². The molecule has 62 valence electrons. The molecule has 0 spiro atoms. The molecular formula is C8H13FN2. The third-order valence-corrected chi connectivity index (χ3v) is 1.03. The molecule has 0 radical (unpaired) electrons. The van der Waals surface area contributed by atoms with Gasteiger partial charge in [0.15, 0.2) is 0 Å². The van der Waals surface area contributed by atoms with Gasteiger partial charge in [-0.05, 0) is 12.1 Å². The Morgan fingerprint density at radius 2 is 2.18 bits per heavy atom. The maximum Gasteiger partial charge on any atom is 0.146 e. The molecule has 0 fully saturated rings. The molecule has 11 heavy (non-hydrogen) atoms. The van der Waals surface area contributed by atoms with Crippen molar-refractivity contribution in [2.24, 2.45) is 5.73 Å². The molecule has 0 saturated heterocycles. The summed E-state index contributed by atoms with van der Waals surface area (Å²) in [5, 5.41) is 0. The van der Waals surface area contributed by atoms with Crippen molar-refractivity contribution >= 4 is 0 Å². The summed E-state index contributed by atoms with van der Waals surface area (Å²) in [5.41, 5.74) is 5.47. The Balaban J connectivity index is 0.000000461. The summed E-state index contributed by atoms with van der Waals surface area (Å²) in [5.74, 6) is -0.333. The van der Waals surface area contributed by atoms with E-state index in [1.165, 1.54) is 18.3 Å². The van der Waals surface area contributed by atoms with Crippen LogP contribution in [0.2, 0.25) is 0 Å². The minimum Gasteiger partial charge on any atom is -0.325 e. The van der Waals surface area contributed by atoms with E-state index in [1.807, 2.05) is 13.8 Å². The van der Waals surface area contributed by atoms with Crippen LogP contribution in [0, 0.1) is 5.82 Å². The molecule has 1 aromatic rings. The summed E-state index contributed by atoms with van der Waals surface area (Å²) in [7, 11) is 0. The van der Waals surface area contributed by atoms with Crippen molar-refractivity contribution in [3.05, 3.63) is 29.8 Å². The molecule has 0 saturated carbocycles. The standard InChI is InChI=1S/C6H7FN2.C2H6/c7-5-2-1-3-9-6(5)4-8;1-2/h1-3H,4,8H2;1-2H3. The van der Waals surface area contributed by atoms with Gasteiger partial charge in [-0.2, -0.15) is 0 Å². The van der Waals surface area contributed by atoms with Gasteiger partial charge >= 0.3 is 0 Å². The quantitative estimate of drug-likeness (QED) is 0.672. The van der Waals surface area contributed by atoms with Crippen molar-refractivity contribution in [2.45, 2.75) is 20.4 Å². The predicted molar refractivity (Wildman–Crippen MR) is 43.4 cm³/mol. The lowest BCUT2D eigenvalue weighted by atomic mass is 10.3. The van der Waals surface area contributed by atoms with Crippen molar-refractivity contribution in [1.82, 2.24) is 4.98 Å². The summed E-state index contributed by atoms with van der Waals surface area (Å²) in [6.07, 6.45) is 1.52. The first-order valence-corrected chi connectivity index (χ1v) is 3.64. The average Bonchev–Trinajstić information content (AvgIpc) is 2.09. The van der Waals surface area contributed by atoms with E-state index in [4.69, 9.17) is 5.73 Å². The van der Waals surface area contributed by atoms with Crippen LogP contribution in [0.1, 0.15) is 19.5 Å². The van der Waals surface area contributed by atoms with Crippen LogP contribution >= 0.6 is 0 Å². The van der Waals surface area contributed by atoms with E-state index in [2.05, 4.69) is 4.98 Å². The molecule has 2 N–H and O–H groups in total. The van der Waals surface area contributed by atoms with Gasteiger partial charge < -0.3 is 5.73 Å². The molecule has 0 aromatic carbocycles. The molecule has 1 aromatic heterocycles. The summed E-state index contributed by atoms with van der Waals surface area (Å²) < 4.78 is 12.4. The number of aromatic nitrogens is 1. The van der Waals surface area contributed by atoms with Crippen LogP contribution in [-0.2, 0) is 6.54 Å². The molecule has 0 bridgehead atoms. The number of hydrogen-bond acceptors (Lipinski definition) is 2. The van der Waals surface area contributed by atoms with Crippen molar-refractivity contribution in [2.75, 3.05) is 0 Å². The molecular weight excluding hydrogens is 143 g/mol. The number of rotatable bonds is 1. The van der Waals surface area contributed by atoms with Gasteiger partial charge in [0.2, 0.25) is 0 Å². The number of nitrogens with two attached hydrogens (primary N) is 1. The van der Waals surface area contributed by atoms with E-state index in [0.29, 0.717) is 5.69 Å². The van der Waals surface area contributed by atoms with Gasteiger partial charge in [-0.1, -0.05) is 13.8 Å². The van der Waals surface area contributed by atoms with Crippen molar-refractivity contribution in [1.29, 1.82) is 0 Å². The highest BCUT2D eigenvalue weighted by atomic mass is 19.1. The molecule has 0 unspecified atom stereocenters. The zero-order chi connectivity index (χ0) is 8.69. The van der Waals surface area contributed by atoms with Crippen LogP contribution < -0.4 is 5.73 Å². The second-order valence-electron chi connectivity index (χ2n) is 1.64. The number of nitrogens with zero attached hydrogens (tertiary/aromatic N) is 1. The lowest BCUT2D eigenvalue weighted by Crippen LogP contribution is -2.01. The molecule has 0 amide bonds. The van der Waals surface area contributed by atoms with Gasteiger partial charge in [-0.3, -0.25) is 4.98 Å². The maximum atomic E-state index is 12.4. The lowest BCUT2D eigenvalue weighted by Gasteiger charge is -1.93. The Morgan fingerprint density at radius 3 is 2.55 bits per heavy atom. The largest absolute Gasteiger partial charge is 0.325 e. The minimum atomic E-state index is -0.333. The zero-order valence-electron chi connectivity index (χ0n) is 6.84. The topological polar surface area (TPSA) is 38.9 Å². The summed E-state index contributed by atoms with van der Waals surface area (Å²) in [4.78, 5) is 3.70. The van der Waals surface area contributed by atoms with Crippen molar-refractivity contribution < 1.29 is 4.39 Å². The highest BCUT2D eigenvalue weighted by molar-refractivity contribution is 5.05. The summed E-state index contributed by atoms with van der Waals surface area (Å²) in [6.45, 7) is 4.16. The number of pyridine rings is 1. The molecule has 2 nitrogen and oxygen atoms in total. The third kappa shape index (κ3) is 3.09. The monoisotopic (exact) mass is 156 g/mol. The summed E-state index contributed by atoms with van der Waals surface area (Å²) in [6, 6.07) is 2.88. The molecule has 1 heterocycles. The minimum absolute atomic E-state index is 0.159. The van der Waals surface area contributed by atoms with E-state index in [1.54, 1.807) is 0 Å². The smallest absolute Gasteiger partial charge is 0.146 e. The fourth-order valence-electron chi connectivity index (χ4n) is 0.569. The fraction of sp³-hybridized carbons (Fsp3) is 0.375.